The van der Waals surface area contributed by atoms with Crippen LogP contribution in [-0.4, -0.2) is 22.0 Å². The number of aromatic nitrogens is 3. The van der Waals surface area contributed by atoms with Crippen LogP contribution in [0.25, 0.3) is 11.4 Å². The van der Waals surface area contributed by atoms with E-state index < -0.39 is 0 Å². The Morgan fingerprint density at radius 2 is 1.75 bits per heavy atom. The number of nitrogens with zero attached hydrogens (tertiary/aromatic N) is 3. The van der Waals surface area contributed by atoms with Gasteiger partial charge in [-0.1, -0.05) is 23.9 Å². The summed E-state index contributed by atoms with van der Waals surface area (Å²) >= 11 is 1.47. The number of ether oxygens (including phenoxy) is 1. The molecule has 7 heteroatoms. The second kappa shape index (κ2) is 6.92. The maximum atomic E-state index is 13.0. The van der Waals surface area contributed by atoms with Gasteiger partial charge in [0.25, 0.3) is 0 Å². The van der Waals surface area contributed by atoms with Gasteiger partial charge in [0.15, 0.2) is 5.82 Å². The van der Waals surface area contributed by atoms with Crippen LogP contribution < -0.4 is 10.6 Å². The van der Waals surface area contributed by atoms with Crippen LogP contribution in [0.15, 0.2) is 53.7 Å². The van der Waals surface area contributed by atoms with Gasteiger partial charge in [-0.25, -0.2) is 9.07 Å². The van der Waals surface area contributed by atoms with Gasteiger partial charge in [-0.05, 0) is 48.9 Å². The number of benzene rings is 2. The molecule has 0 unspecified atom stereocenters. The zero-order chi connectivity index (χ0) is 17.1. The van der Waals surface area contributed by atoms with Crippen molar-refractivity contribution in [3.8, 4) is 17.1 Å². The van der Waals surface area contributed by atoms with Gasteiger partial charge in [-0.15, -0.1) is 10.2 Å². The second-order valence-corrected chi connectivity index (χ2v) is 6.52. The Bertz CT molecular complexity index is 818. The normalized spacial score (nSPS) is 12.1. The van der Waals surface area contributed by atoms with E-state index in [4.69, 9.17) is 10.6 Å². The van der Waals surface area contributed by atoms with Gasteiger partial charge in [0, 0.05) is 10.8 Å². The molecule has 1 aromatic heterocycles. The molecule has 0 aliphatic carbocycles. The van der Waals surface area contributed by atoms with E-state index in [9.17, 15) is 4.39 Å². The Balaban J connectivity index is 1.80. The average molecular weight is 344 g/mol. The number of nitrogen functional groups attached to an aromatic ring is 1. The SMILES string of the molecule is COc1ccc(-c2nnc(S[C@H](C)c3ccc(F)cc3)n2N)cc1. The second-order valence-electron chi connectivity index (χ2n) is 5.22. The van der Waals surface area contributed by atoms with Crippen molar-refractivity contribution in [2.45, 2.75) is 17.3 Å². The van der Waals surface area contributed by atoms with Crippen LogP contribution in [0.5, 0.6) is 5.75 Å². The van der Waals surface area contributed by atoms with E-state index in [1.54, 1.807) is 19.2 Å². The minimum Gasteiger partial charge on any atom is -0.497 e. The van der Waals surface area contributed by atoms with Crippen LogP contribution in [0.3, 0.4) is 0 Å². The summed E-state index contributed by atoms with van der Waals surface area (Å²) in [5, 5.41) is 9.00. The van der Waals surface area contributed by atoms with Crippen molar-refractivity contribution in [1.29, 1.82) is 0 Å². The number of hydrogen-bond donors (Lipinski definition) is 1. The monoisotopic (exact) mass is 344 g/mol. The molecular formula is C17H17FN4OS. The van der Waals surface area contributed by atoms with Crippen LogP contribution in [-0.2, 0) is 0 Å². The highest BCUT2D eigenvalue weighted by molar-refractivity contribution is 7.99. The van der Waals surface area contributed by atoms with Gasteiger partial charge in [0.2, 0.25) is 5.16 Å². The third-order valence-electron chi connectivity index (χ3n) is 3.63. The first-order chi connectivity index (χ1) is 11.6. The van der Waals surface area contributed by atoms with E-state index in [0.717, 1.165) is 16.9 Å². The molecule has 0 saturated carbocycles. The highest BCUT2D eigenvalue weighted by atomic mass is 32.2. The molecule has 0 radical (unpaired) electrons. The molecule has 124 valence electrons. The molecule has 24 heavy (non-hydrogen) atoms. The molecule has 2 aromatic carbocycles. The summed E-state index contributed by atoms with van der Waals surface area (Å²) in [5.41, 5.74) is 1.85. The smallest absolute Gasteiger partial charge is 0.210 e. The van der Waals surface area contributed by atoms with E-state index in [1.807, 2.05) is 31.2 Å². The molecule has 5 nitrogen and oxygen atoms in total. The van der Waals surface area contributed by atoms with Crippen LogP contribution >= 0.6 is 11.8 Å². The quantitative estimate of drug-likeness (QED) is 0.565. The Hall–Kier alpha value is -2.54. The van der Waals surface area contributed by atoms with Gasteiger partial charge < -0.3 is 10.6 Å². The van der Waals surface area contributed by atoms with Gasteiger partial charge in [0.1, 0.15) is 11.6 Å². The molecule has 0 aliphatic heterocycles. The molecule has 1 atom stereocenters. The summed E-state index contributed by atoms with van der Waals surface area (Å²) < 4.78 is 19.6. The molecule has 0 spiro atoms. The van der Waals surface area contributed by atoms with E-state index in [2.05, 4.69) is 10.2 Å². The van der Waals surface area contributed by atoms with Gasteiger partial charge >= 0.3 is 0 Å². The maximum Gasteiger partial charge on any atom is 0.210 e. The Morgan fingerprint density at radius 3 is 2.38 bits per heavy atom. The topological polar surface area (TPSA) is 66.0 Å². The minimum atomic E-state index is -0.250. The van der Waals surface area contributed by atoms with Gasteiger partial charge in [-0.3, -0.25) is 0 Å². The number of thioether (sulfide) groups is 1. The Morgan fingerprint density at radius 1 is 1.08 bits per heavy atom. The number of halogens is 1. The van der Waals surface area contributed by atoms with Crippen molar-refractivity contribution in [2.24, 2.45) is 0 Å². The van der Waals surface area contributed by atoms with Crippen molar-refractivity contribution < 1.29 is 9.13 Å². The molecule has 1 heterocycles. The van der Waals surface area contributed by atoms with Crippen molar-refractivity contribution in [1.82, 2.24) is 14.9 Å². The average Bonchev–Trinajstić information content (AvgIpc) is 2.96. The Labute approximate surface area is 143 Å². The molecule has 3 rings (SSSR count). The summed E-state index contributed by atoms with van der Waals surface area (Å²) in [7, 11) is 1.62. The molecular weight excluding hydrogens is 327 g/mol. The molecule has 2 N–H and O–H groups in total. The zero-order valence-corrected chi connectivity index (χ0v) is 14.1. The standard InChI is InChI=1S/C17H17FN4OS/c1-11(12-3-7-14(18)8-4-12)24-17-21-20-16(22(17)19)13-5-9-15(23-2)10-6-13/h3-11H,19H2,1-2H3/t11-/m1/s1. The Kier molecular flexibility index (Phi) is 4.71. The fourth-order valence-corrected chi connectivity index (χ4v) is 3.15. The van der Waals surface area contributed by atoms with E-state index in [0.29, 0.717) is 11.0 Å². The van der Waals surface area contributed by atoms with E-state index in [-0.39, 0.29) is 11.1 Å². The number of hydrogen-bond acceptors (Lipinski definition) is 5. The first kappa shape index (κ1) is 16.3. The maximum absolute atomic E-state index is 13.0. The summed E-state index contributed by atoms with van der Waals surface area (Å²) in [6.07, 6.45) is 0. The molecule has 0 saturated heterocycles. The molecule has 0 fully saturated rings. The fourth-order valence-electron chi connectivity index (χ4n) is 2.25. The fraction of sp³-hybridized carbons (Fsp3) is 0.176. The highest BCUT2D eigenvalue weighted by Crippen LogP contribution is 2.34. The predicted molar refractivity (Wildman–Crippen MR) is 92.8 cm³/mol. The minimum absolute atomic E-state index is 0.0702. The van der Waals surface area contributed by atoms with Crippen LogP contribution in [0.4, 0.5) is 4.39 Å². The molecule has 3 aromatic rings. The van der Waals surface area contributed by atoms with Gasteiger partial charge in [-0.2, -0.15) is 0 Å². The van der Waals surface area contributed by atoms with Gasteiger partial charge in [0.05, 0.1) is 7.11 Å². The first-order valence-corrected chi connectivity index (χ1v) is 8.23. The van der Waals surface area contributed by atoms with Crippen LogP contribution in [0.1, 0.15) is 17.7 Å². The lowest BCUT2D eigenvalue weighted by Gasteiger charge is -2.11. The van der Waals surface area contributed by atoms with E-state index in [1.165, 1.54) is 28.6 Å². The lowest BCUT2D eigenvalue weighted by atomic mass is 10.2. The lowest BCUT2D eigenvalue weighted by Crippen LogP contribution is -2.12. The van der Waals surface area contributed by atoms with Crippen molar-refractivity contribution in [3.05, 3.63) is 59.9 Å². The van der Waals surface area contributed by atoms with Crippen molar-refractivity contribution >= 4 is 11.8 Å². The largest absolute Gasteiger partial charge is 0.497 e. The number of rotatable bonds is 5. The number of methoxy groups -OCH3 is 1. The van der Waals surface area contributed by atoms with Crippen molar-refractivity contribution in [2.75, 3.05) is 13.0 Å². The van der Waals surface area contributed by atoms with Crippen LogP contribution in [0.2, 0.25) is 0 Å². The van der Waals surface area contributed by atoms with Crippen molar-refractivity contribution in [3.63, 3.8) is 0 Å². The molecule has 0 aliphatic rings. The highest BCUT2D eigenvalue weighted by Gasteiger charge is 2.16. The summed E-state index contributed by atoms with van der Waals surface area (Å²) in [6.45, 7) is 2.01. The number of nitrogens with two attached hydrogens (primary N) is 1. The molecule has 0 bridgehead atoms. The van der Waals surface area contributed by atoms with Crippen LogP contribution in [0, 0.1) is 5.82 Å². The predicted octanol–water partition coefficient (Wildman–Crippen LogP) is 3.66. The summed E-state index contributed by atoms with van der Waals surface area (Å²) in [4.78, 5) is 0. The third kappa shape index (κ3) is 3.35. The summed E-state index contributed by atoms with van der Waals surface area (Å²) in [6, 6.07) is 13.9. The molecule has 0 amide bonds. The third-order valence-corrected chi connectivity index (χ3v) is 4.75. The first-order valence-electron chi connectivity index (χ1n) is 7.35. The lowest BCUT2D eigenvalue weighted by molar-refractivity contribution is 0.415. The summed E-state index contributed by atoms with van der Waals surface area (Å²) in [5.74, 6) is 7.23. The van der Waals surface area contributed by atoms with E-state index >= 15 is 0 Å². The zero-order valence-electron chi connectivity index (χ0n) is 13.3.